The summed E-state index contributed by atoms with van der Waals surface area (Å²) in [6.07, 6.45) is 8.05. The second kappa shape index (κ2) is 7.38. The van der Waals surface area contributed by atoms with Crippen LogP contribution < -0.4 is 10.6 Å². The predicted molar refractivity (Wildman–Crippen MR) is 113 cm³/mol. The van der Waals surface area contributed by atoms with E-state index in [9.17, 15) is 4.79 Å². The summed E-state index contributed by atoms with van der Waals surface area (Å²) in [5.74, 6) is 0.446. The molecule has 1 amide bonds. The van der Waals surface area contributed by atoms with Crippen molar-refractivity contribution in [2.24, 2.45) is 12.8 Å². The number of pyridine rings is 1. The van der Waals surface area contributed by atoms with Crippen LogP contribution in [0.3, 0.4) is 0 Å². The Morgan fingerprint density at radius 2 is 2.00 bits per heavy atom. The number of benzene rings is 1. The second-order valence-electron chi connectivity index (χ2n) is 7.04. The summed E-state index contributed by atoms with van der Waals surface area (Å²) >= 11 is 0. The van der Waals surface area contributed by atoms with E-state index in [1.165, 1.54) is 5.56 Å². The molecule has 3 aromatic heterocycles. The van der Waals surface area contributed by atoms with E-state index in [1.54, 1.807) is 23.4 Å². The number of imidazole rings is 1. The number of nitrogens with zero attached hydrogens (tertiary/aromatic N) is 6. The molecule has 0 fully saturated rings. The van der Waals surface area contributed by atoms with Crippen LogP contribution in [0.25, 0.3) is 22.2 Å². The van der Waals surface area contributed by atoms with Gasteiger partial charge in [-0.25, -0.2) is 9.97 Å². The van der Waals surface area contributed by atoms with Gasteiger partial charge >= 0.3 is 0 Å². The Kier molecular flexibility index (Phi) is 4.75. The van der Waals surface area contributed by atoms with Crippen LogP contribution >= 0.6 is 0 Å². The largest absolute Gasteiger partial charge is 0.368 e. The number of carbonyl (C=O) groups excluding carboxylic acids is 1. The number of fused-ring (bicyclic) bond motifs is 1. The molecule has 0 bridgehead atoms. The first-order chi connectivity index (χ1) is 14.0. The van der Waals surface area contributed by atoms with Gasteiger partial charge in [-0.2, -0.15) is 5.10 Å². The number of aryl methyl sites for hydroxylation is 2. The lowest BCUT2D eigenvalue weighted by atomic mass is 10.0. The summed E-state index contributed by atoms with van der Waals surface area (Å²) in [7, 11) is 3.99. The van der Waals surface area contributed by atoms with E-state index in [0.29, 0.717) is 0 Å². The van der Waals surface area contributed by atoms with Gasteiger partial charge in [0.1, 0.15) is 17.9 Å². The van der Waals surface area contributed by atoms with Crippen molar-refractivity contribution < 1.29 is 4.79 Å². The van der Waals surface area contributed by atoms with Crippen molar-refractivity contribution in [2.45, 2.75) is 19.9 Å². The molecule has 1 aromatic carbocycles. The van der Waals surface area contributed by atoms with E-state index in [0.717, 1.165) is 40.1 Å². The van der Waals surface area contributed by atoms with Gasteiger partial charge in [-0.3, -0.25) is 9.48 Å². The highest BCUT2D eigenvalue weighted by Crippen LogP contribution is 2.31. The molecule has 0 aliphatic heterocycles. The van der Waals surface area contributed by atoms with Crippen molar-refractivity contribution in [1.29, 1.82) is 0 Å². The molecule has 0 spiro atoms. The summed E-state index contributed by atoms with van der Waals surface area (Å²) in [5.41, 5.74) is 11.4. The monoisotopic (exact) mass is 389 g/mol. The maximum atomic E-state index is 11.1. The van der Waals surface area contributed by atoms with Gasteiger partial charge < -0.3 is 15.2 Å². The molecule has 0 radical (unpaired) electrons. The van der Waals surface area contributed by atoms with E-state index in [-0.39, 0.29) is 6.54 Å². The Balaban J connectivity index is 1.67. The summed E-state index contributed by atoms with van der Waals surface area (Å²) in [4.78, 5) is 22.1. The van der Waals surface area contributed by atoms with E-state index in [2.05, 4.69) is 45.1 Å². The lowest BCUT2D eigenvalue weighted by molar-refractivity contribution is -0.118. The van der Waals surface area contributed by atoms with Gasteiger partial charge in [0.2, 0.25) is 5.91 Å². The summed E-state index contributed by atoms with van der Waals surface area (Å²) in [5, 5.41) is 4.21. The fourth-order valence-corrected chi connectivity index (χ4v) is 3.46. The van der Waals surface area contributed by atoms with Crippen LogP contribution in [0.5, 0.6) is 0 Å². The molecule has 0 saturated carbocycles. The molecule has 0 saturated heterocycles. The Morgan fingerprint density at radius 1 is 1.17 bits per heavy atom. The van der Waals surface area contributed by atoms with Crippen molar-refractivity contribution in [3.8, 4) is 11.1 Å². The second-order valence-corrected chi connectivity index (χ2v) is 7.04. The summed E-state index contributed by atoms with van der Waals surface area (Å²) in [6, 6.07) is 8.34. The normalized spacial score (nSPS) is 11.1. The van der Waals surface area contributed by atoms with Crippen molar-refractivity contribution in [3.05, 3.63) is 54.7 Å². The smallest absolute Gasteiger partial charge is 0.239 e. The minimum Gasteiger partial charge on any atom is -0.368 e. The molecule has 8 heteroatoms. The van der Waals surface area contributed by atoms with Gasteiger partial charge in [0.25, 0.3) is 0 Å². The van der Waals surface area contributed by atoms with Crippen LogP contribution in [0.15, 0.2) is 49.2 Å². The fourth-order valence-electron chi connectivity index (χ4n) is 3.46. The minimum absolute atomic E-state index is 0.0730. The molecule has 4 aromatic rings. The lowest BCUT2D eigenvalue weighted by Gasteiger charge is -2.22. The topological polar surface area (TPSA) is 94.9 Å². The SMILES string of the molecule is CCc1cc(-c2cnn(CC(N)=O)c2)ccc1N(C)c1cc2c(cn1)ncn2C. The number of hydrogen-bond acceptors (Lipinski definition) is 5. The van der Waals surface area contributed by atoms with E-state index < -0.39 is 5.91 Å². The number of rotatable bonds is 6. The first kappa shape index (κ1) is 18.7. The zero-order valence-electron chi connectivity index (χ0n) is 16.7. The molecule has 3 heterocycles. The van der Waals surface area contributed by atoms with Crippen LogP contribution in [0.1, 0.15) is 12.5 Å². The standard InChI is InChI=1S/C21H23N7O/c1-4-14-7-15(16-9-25-28(11-16)12-20(22)29)5-6-18(14)27(3)21-8-19-17(10-23-21)24-13-26(19)2/h5-11,13H,4,12H2,1-3H3,(H2,22,29). The Hall–Kier alpha value is -3.68. The molecule has 0 unspecified atom stereocenters. The highest BCUT2D eigenvalue weighted by atomic mass is 16.1. The molecule has 0 atom stereocenters. The first-order valence-corrected chi connectivity index (χ1v) is 9.41. The minimum atomic E-state index is -0.413. The van der Waals surface area contributed by atoms with Crippen molar-refractivity contribution in [1.82, 2.24) is 24.3 Å². The maximum Gasteiger partial charge on any atom is 0.239 e. The van der Waals surface area contributed by atoms with Crippen LogP contribution in [0.2, 0.25) is 0 Å². The number of aromatic nitrogens is 5. The van der Waals surface area contributed by atoms with Gasteiger partial charge in [0.15, 0.2) is 0 Å². The van der Waals surface area contributed by atoms with Crippen molar-refractivity contribution in [3.63, 3.8) is 0 Å². The number of carbonyl (C=O) groups is 1. The van der Waals surface area contributed by atoms with Gasteiger partial charge in [-0.05, 0) is 29.7 Å². The van der Waals surface area contributed by atoms with Crippen molar-refractivity contribution in [2.75, 3.05) is 11.9 Å². The number of anilines is 2. The Labute approximate surface area is 168 Å². The fraction of sp³-hybridized carbons (Fsp3) is 0.238. The predicted octanol–water partition coefficient (Wildman–Crippen LogP) is 2.65. The molecule has 0 aliphatic carbocycles. The molecule has 0 aliphatic rings. The quantitative estimate of drug-likeness (QED) is 0.547. The zero-order chi connectivity index (χ0) is 20.5. The number of primary amides is 1. The third-order valence-corrected chi connectivity index (χ3v) is 5.05. The molecular formula is C21H23N7O. The molecular weight excluding hydrogens is 366 g/mol. The Morgan fingerprint density at radius 3 is 2.76 bits per heavy atom. The maximum absolute atomic E-state index is 11.1. The molecule has 2 N–H and O–H groups in total. The van der Waals surface area contributed by atoms with E-state index in [4.69, 9.17) is 5.73 Å². The zero-order valence-corrected chi connectivity index (χ0v) is 16.7. The van der Waals surface area contributed by atoms with E-state index >= 15 is 0 Å². The molecule has 8 nitrogen and oxygen atoms in total. The van der Waals surface area contributed by atoms with Crippen LogP contribution in [0.4, 0.5) is 11.5 Å². The Bertz CT molecular complexity index is 1190. The van der Waals surface area contributed by atoms with E-state index in [1.807, 2.05) is 30.9 Å². The summed E-state index contributed by atoms with van der Waals surface area (Å²) < 4.78 is 3.54. The number of nitrogens with two attached hydrogens (primary N) is 1. The van der Waals surface area contributed by atoms with Gasteiger partial charge in [-0.1, -0.05) is 13.0 Å². The average Bonchev–Trinajstić information content (AvgIpc) is 3.33. The van der Waals surface area contributed by atoms with Crippen LogP contribution in [0, 0.1) is 0 Å². The first-order valence-electron chi connectivity index (χ1n) is 9.41. The molecule has 148 valence electrons. The van der Waals surface area contributed by atoms with Crippen LogP contribution in [-0.4, -0.2) is 37.3 Å². The van der Waals surface area contributed by atoms with Gasteiger partial charge in [-0.15, -0.1) is 0 Å². The number of amides is 1. The lowest BCUT2D eigenvalue weighted by Crippen LogP contribution is -2.18. The van der Waals surface area contributed by atoms with Crippen molar-refractivity contribution >= 4 is 28.4 Å². The molecule has 29 heavy (non-hydrogen) atoms. The highest BCUT2D eigenvalue weighted by Gasteiger charge is 2.13. The molecule has 4 rings (SSSR count). The van der Waals surface area contributed by atoms with Crippen LogP contribution in [-0.2, 0) is 24.8 Å². The average molecular weight is 389 g/mol. The third kappa shape index (κ3) is 3.56. The highest BCUT2D eigenvalue weighted by molar-refractivity contribution is 5.80. The van der Waals surface area contributed by atoms with Gasteiger partial charge in [0.05, 0.1) is 24.2 Å². The van der Waals surface area contributed by atoms with Gasteiger partial charge in [0, 0.05) is 37.6 Å². The third-order valence-electron chi connectivity index (χ3n) is 5.05. The summed E-state index contributed by atoms with van der Waals surface area (Å²) in [6.45, 7) is 2.20. The number of hydrogen-bond donors (Lipinski definition) is 1.